The smallest absolute Gasteiger partial charge is 0.162 e. The number of carbonyl (C=O) groups excluding carboxylic acids is 1. The van der Waals surface area contributed by atoms with Crippen LogP contribution >= 0.6 is 0 Å². The zero-order valence-corrected chi connectivity index (χ0v) is 13.2. The lowest BCUT2D eigenvalue weighted by Crippen LogP contribution is -2.47. The largest absolute Gasteiger partial charge is 0.381 e. The number of azo groups is 1. The normalized spacial score (nSPS) is 35.0. The highest BCUT2D eigenvalue weighted by molar-refractivity contribution is 6.00. The van der Waals surface area contributed by atoms with Crippen molar-refractivity contribution in [2.45, 2.75) is 32.1 Å². The minimum atomic E-state index is -0.199. The Bertz CT molecular complexity index is 665. The summed E-state index contributed by atoms with van der Waals surface area (Å²) in [4.78, 5) is 13.2. The predicted octanol–water partition coefficient (Wildman–Crippen LogP) is 2.09. The van der Waals surface area contributed by atoms with Gasteiger partial charge in [0.05, 0.1) is 13.2 Å². The monoisotopic (exact) mass is 315 g/mol. The summed E-state index contributed by atoms with van der Waals surface area (Å²) in [7, 11) is 0. The molecule has 1 aliphatic carbocycles. The Morgan fingerprint density at radius 2 is 1.87 bits per heavy atom. The molecule has 1 N–H and O–H groups in total. The molecular formula is C17H21N3O3. The van der Waals surface area contributed by atoms with Gasteiger partial charge in [0.2, 0.25) is 0 Å². The van der Waals surface area contributed by atoms with E-state index in [0.717, 1.165) is 49.4 Å². The quantitative estimate of drug-likeness (QED) is 0.743. The number of fused-ring (bicyclic) bond motifs is 2. The van der Waals surface area contributed by atoms with Crippen LogP contribution < -0.4 is 5.32 Å². The summed E-state index contributed by atoms with van der Waals surface area (Å²) in [6.45, 7) is 3.48. The molecule has 4 heterocycles. The molecule has 0 bridgehead atoms. The Hall–Kier alpha value is -1.53. The maximum atomic E-state index is 13.2. The standard InChI is InChI=1S/C17H21N3O3/c21-13-8-16(1-4-23-10-16)7-12-14(13)17(2-5-22-6-3-17)11-9-18-20-15(11)19-12/h19H,1-10H2. The molecule has 0 radical (unpaired) electrons. The van der Waals surface area contributed by atoms with Crippen LogP contribution in [0.4, 0.5) is 0 Å². The Balaban J connectivity index is 1.62. The van der Waals surface area contributed by atoms with E-state index in [1.54, 1.807) is 0 Å². The van der Waals surface area contributed by atoms with E-state index in [1.807, 2.05) is 0 Å². The predicted molar refractivity (Wildman–Crippen MR) is 81.5 cm³/mol. The number of hydrogen-bond donors (Lipinski definition) is 1. The van der Waals surface area contributed by atoms with E-state index in [9.17, 15) is 4.79 Å². The van der Waals surface area contributed by atoms with E-state index in [0.29, 0.717) is 38.6 Å². The number of Topliss-reactive ketones (excluding diaryl/α,β-unsaturated/α-hetero) is 1. The van der Waals surface area contributed by atoms with Gasteiger partial charge in [-0.15, -0.1) is 5.11 Å². The van der Waals surface area contributed by atoms with Gasteiger partial charge >= 0.3 is 0 Å². The number of ether oxygens (including phenoxy) is 2. The first-order valence-corrected chi connectivity index (χ1v) is 8.53. The van der Waals surface area contributed by atoms with Gasteiger partial charge in [-0.25, -0.2) is 0 Å². The van der Waals surface area contributed by atoms with Crippen LogP contribution in [-0.2, 0) is 14.3 Å². The molecule has 0 aromatic carbocycles. The summed E-state index contributed by atoms with van der Waals surface area (Å²) in [6.07, 6.45) is 4.22. The average Bonchev–Trinajstić information content (AvgIpc) is 3.18. The number of carbonyl (C=O) groups is 1. The summed E-state index contributed by atoms with van der Waals surface area (Å²) in [5.41, 5.74) is 3.07. The van der Waals surface area contributed by atoms with Crippen LogP contribution in [0.1, 0.15) is 32.1 Å². The first-order valence-electron chi connectivity index (χ1n) is 8.53. The SMILES string of the molecule is O=C1CC2(CCOC2)CC2=C1C1(CCOCC1)C1=C(N=NC1)N2. The molecule has 0 aromatic rings. The van der Waals surface area contributed by atoms with Gasteiger partial charge in [0.15, 0.2) is 11.6 Å². The van der Waals surface area contributed by atoms with Gasteiger partial charge in [0.25, 0.3) is 0 Å². The molecule has 6 nitrogen and oxygen atoms in total. The number of rotatable bonds is 0. The van der Waals surface area contributed by atoms with E-state index in [4.69, 9.17) is 9.47 Å². The molecule has 5 aliphatic rings. The van der Waals surface area contributed by atoms with Crippen molar-refractivity contribution in [3.63, 3.8) is 0 Å². The van der Waals surface area contributed by atoms with Crippen molar-refractivity contribution < 1.29 is 14.3 Å². The molecule has 0 aromatic heterocycles. The second-order valence-corrected chi connectivity index (χ2v) is 7.48. The van der Waals surface area contributed by atoms with E-state index >= 15 is 0 Å². The molecule has 5 rings (SSSR count). The van der Waals surface area contributed by atoms with Crippen molar-refractivity contribution in [2.24, 2.45) is 21.1 Å². The Labute approximate surface area is 135 Å². The fraction of sp³-hybridized carbons (Fsp3) is 0.706. The topological polar surface area (TPSA) is 72.3 Å². The van der Waals surface area contributed by atoms with Crippen molar-refractivity contribution in [2.75, 3.05) is 33.0 Å². The molecule has 23 heavy (non-hydrogen) atoms. The van der Waals surface area contributed by atoms with E-state index in [1.165, 1.54) is 5.57 Å². The highest BCUT2D eigenvalue weighted by Gasteiger charge is 2.53. The van der Waals surface area contributed by atoms with Crippen LogP contribution in [0.5, 0.6) is 0 Å². The van der Waals surface area contributed by atoms with Gasteiger partial charge in [-0.1, -0.05) is 0 Å². The fourth-order valence-electron chi connectivity index (χ4n) is 5.07. The van der Waals surface area contributed by atoms with Crippen LogP contribution in [-0.4, -0.2) is 38.8 Å². The van der Waals surface area contributed by atoms with Crippen molar-refractivity contribution in [3.05, 3.63) is 22.7 Å². The first-order chi connectivity index (χ1) is 11.2. The number of ketones is 1. The van der Waals surface area contributed by atoms with Crippen LogP contribution in [0.25, 0.3) is 0 Å². The third-order valence-electron chi connectivity index (χ3n) is 6.21. The fourth-order valence-corrected chi connectivity index (χ4v) is 5.07. The van der Waals surface area contributed by atoms with Crippen molar-refractivity contribution in [1.82, 2.24) is 5.32 Å². The first kappa shape index (κ1) is 13.9. The van der Waals surface area contributed by atoms with Gasteiger partial charge in [0, 0.05) is 53.9 Å². The maximum absolute atomic E-state index is 13.2. The second-order valence-electron chi connectivity index (χ2n) is 7.48. The minimum absolute atomic E-state index is 0.0108. The number of allylic oxidation sites excluding steroid dienone is 2. The highest BCUT2D eigenvalue weighted by atomic mass is 16.5. The molecular weight excluding hydrogens is 294 g/mol. The summed E-state index contributed by atoms with van der Waals surface area (Å²) >= 11 is 0. The van der Waals surface area contributed by atoms with Crippen molar-refractivity contribution in [1.29, 1.82) is 0 Å². The van der Waals surface area contributed by atoms with Gasteiger partial charge in [-0.2, -0.15) is 5.11 Å². The van der Waals surface area contributed by atoms with Crippen molar-refractivity contribution in [3.8, 4) is 0 Å². The molecule has 0 saturated carbocycles. The highest BCUT2D eigenvalue weighted by Crippen LogP contribution is 2.55. The van der Waals surface area contributed by atoms with Crippen LogP contribution in [0.15, 0.2) is 32.9 Å². The molecule has 6 heteroatoms. The molecule has 122 valence electrons. The zero-order chi connectivity index (χ0) is 15.5. The lowest BCUT2D eigenvalue weighted by atomic mass is 9.59. The van der Waals surface area contributed by atoms with Gasteiger partial charge in [-0.05, 0) is 25.7 Å². The van der Waals surface area contributed by atoms with Crippen LogP contribution in [0, 0.1) is 10.8 Å². The summed E-state index contributed by atoms with van der Waals surface area (Å²) in [5.74, 6) is 1.18. The third-order valence-corrected chi connectivity index (χ3v) is 6.21. The summed E-state index contributed by atoms with van der Waals surface area (Å²) < 4.78 is 11.2. The van der Waals surface area contributed by atoms with Crippen LogP contribution in [0.3, 0.4) is 0 Å². The number of nitrogens with zero attached hydrogens (tertiary/aromatic N) is 2. The third kappa shape index (κ3) is 1.85. The van der Waals surface area contributed by atoms with Gasteiger partial charge < -0.3 is 14.8 Å². The van der Waals surface area contributed by atoms with Crippen LogP contribution in [0.2, 0.25) is 0 Å². The second kappa shape index (κ2) is 4.74. The minimum Gasteiger partial charge on any atom is -0.381 e. The molecule has 2 fully saturated rings. The van der Waals surface area contributed by atoms with Crippen molar-refractivity contribution >= 4 is 5.78 Å². The summed E-state index contributed by atoms with van der Waals surface area (Å²) in [5, 5.41) is 12.0. The van der Waals surface area contributed by atoms with E-state index in [2.05, 4.69) is 15.5 Å². The zero-order valence-electron chi connectivity index (χ0n) is 13.2. The molecule has 1 unspecified atom stereocenters. The Kier molecular flexibility index (Phi) is 2.86. The average molecular weight is 315 g/mol. The summed E-state index contributed by atoms with van der Waals surface area (Å²) in [6, 6.07) is 0. The molecule has 2 saturated heterocycles. The van der Waals surface area contributed by atoms with Gasteiger partial charge in [0.1, 0.15) is 0 Å². The Morgan fingerprint density at radius 1 is 1.04 bits per heavy atom. The lowest BCUT2D eigenvalue weighted by molar-refractivity contribution is -0.120. The Morgan fingerprint density at radius 3 is 2.65 bits per heavy atom. The maximum Gasteiger partial charge on any atom is 0.162 e. The number of nitrogens with one attached hydrogen (secondary N) is 1. The molecule has 0 amide bonds. The molecule has 2 spiro atoms. The molecule has 1 atom stereocenters. The number of dihydropyridines is 1. The molecule has 4 aliphatic heterocycles. The lowest BCUT2D eigenvalue weighted by Gasteiger charge is -2.47. The number of hydrogen-bond acceptors (Lipinski definition) is 6. The van der Waals surface area contributed by atoms with E-state index < -0.39 is 0 Å². The van der Waals surface area contributed by atoms with Gasteiger partial charge in [-0.3, -0.25) is 4.79 Å². The van der Waals surface area contributed by atoms with E-state index in [-0.39, 0.29) is 10.8 Å².